The summed E-state index contributed by atoms with van der Waals surface area (Å²) in [7, 11) is 0.217. The fourth-order valence-corrected chi connectivity index (χ4v) is 4.37. The van der Waals surface area contributed by atoms with Crippen LogP contribution in [0, 0.1) is 5.82 Å². The third-order valence-electron chi connectivity index (χ3n) is 4.33. The Morgan fingerprint density at radius 1 is 1.12 bits per heavy atom. The molecule has 1 heterocycles. The summed E-state index contributed by atoms with van der Waals surface area (Å²) in [4.78, 5) is 16.0. The average Bonchev–Trinajstić information content (AvgIpc) is 2.53. The van der Waals surface area contributed by atoms with E-state index < -0.39 is 20.9 Å². The van der Waals surface area contributed by atoms with E-state index in [-0.39, 0.29) is 23.9 Å². The van der Waals surface area contributed by atoms with Gasteiger partial charge in [-0.2, -0.15) is 0 Å². The van der Waals surface area contributed by atoms with Gasteiger partial charge in [0, 0.05) is 38.4 Å². The van der Waals surface area contributed by atoms with Crippen LogP contribution in [0.3, 0.4) is 0 Å². The molecule has 0 saturated carbocycles. The molecule has 2 aromatic rings. The number of likely N-dealkylation sites (tertiary alicyclic amines) is 1. The molecule has 7 heteroatoms. The summed E-state index contributed by atoms with van der Waals surface area (Å²) in [6.07, 6.45) is 0. The Labute approximate surface area is 146 Å². The van der Waals surface area contributed by atoms with E-state index in [9.17, 15) is 17.6 Å². The van der Waals surface area contributed by atoms with E-state index in [2.05, 4.69) is 0 Å². The normalized spacial score (nSPS) is 14.9. The summed E-state index contributed by atoms with van der Waals surface area (Å²) >= 11 is 0. The standard InChI is InChI=1S/C18H19FN2O3S/c1-20(2)15-5-3-4-13(10-15)18(22)21-11-17(12-21)25(23,24)16-8-6-14(19)7-9-16/h3-10,17H,11-12H2,1-2H3. The zero-order valence-electron chi connectivity index (χ0n) is 14.0. The molecule has 0 atom stereocenters. The van der Waals surface area contributed by atoms with Crippen molar-refractivity contribution < 1.29 is 17.6 Å². The monoisotopic (exact) mass is 362 g/mol. The molecule has 1 aliphatic rings. The van der Waals surface area contributed by atoms with Crippen LogP contribution in [-0.2, 0) is 9.84 Å². The molecule has 132 valence electrons. The van der Waals surface area contributed by atoms with E-state index in [0.717, 1.165) is 17.8 Å². The van der Waals surface area contributed by atoms with E-state index in [0.29, 0.717) is 5.56 Å². The fraction of sp³-hybridized carbons (Fsp3) is 0.278. The molecule has 2 aromatic carbocycles. The molecule has 1 aliphatic heterocycles. The van der Waals surface area contributed by atoms with E-state index in [1.54, 1.807) is 18.2 Å². The Balaban J connectivity index is 1.70. The first-order valence-electron chi connectivity index (χ1n) is 7.85. The molecule has 0 N–H and O–H groups in total. The summed E-state index contributed by atoms with van der Waals surface area (Å²) in [6.45, 7) is 0.287. The molecule has 1 amide bonds. The maximum absolute atomic E-state index is 13.0. The molecule has 0 spiro atoms. The van der Waals surface area contributed by atoms with Crippen LogP contribution in [0.4, 0.5) is 10.1 Å². The van der Waals surface area contributed by atoms with Crippen LogP contribution in [0.2, 0.25) is 0 Å². The van der Waals surface area contributed by atoms with Crippen LogP contribution >= 0.6 is 0 Å². The number of sulfone groups is 1. The number of amides is 1. The van der Waals surface area contributed by atoms with Crippen molar-refractivity contribution in [3.05, 3.63) is 59.9 Å². The van der Waals surface area contributed by atoms with Crippen molar-refractivity contribution in [2.75, 3.05) is 32.1 Å². The molecule has 5 nitrogen and oxygen atoms in total. The number of hydrogen-bond acceptors (Lipinski definition) is 4. The lowest BCUT2D eigenvalue weighted by atomic mass is 10.1. The quantitative estimate of drug-likeness (QED) is 0.783. The maximum atomic E-state index is 13.0. The Morgan fingerprint density at radius 2 is 1.76 bits per heavy atom. The molecule has 0 aromatic heterocycles. The Hall–Kier alpha value is -2.41. The maximum Gasteiger partial charge on any atom is 0.254 e. The largest absolute Gasteiger partial charge is 0.378 e. The van der Waals surface area contributed by atoms with Crippen molar-refractivity contribution in [3.8, 4) is 0 Å². The number of rotatable bonds is 4. The van der Waals surface area contributed by atoms with Crippen molar-refractivity contribution in [3.63, 3.8) is 0 Å². The van der Waals surface area contributed by atoms with E-state index in [4.69, 9.17) is 0 Å². The number of halogens is 1. The van der Waals surface area contributed by atoms with Gasteiger partial charge in [0.05, 0.1) is 4.90 Å². The highest BCUT2D eigenvalue weighted by atomic mass is 32.2. The molecule has 0 radical (unpaired) electrons. The van der Waals surface area contributed by atoms with E-state index in [1.807, 2.05) is 25.1 Å². The lowest BCUT2D eigenvalue weighted by Crippen LogP contribution is -2.56. The van der Waals surface area contributed by atoms with Crippen molar-refractivity contribution in [2.45, 2.75) is 10.1 Å². The molecule has 1 saturated heterocycles. The van der Waals surface area contributed by atoms with Gasteiger partial charge in [-0.1, -0.05) is 6.07 Å². The number of nitrogens with zero attached hydrogens (tertiary/aromatic N) is 2. The fourth-order valence-electron chi connectivity index (χ4n) is 2.72. The van der Waals surface area contributed by atoms with Crippen LogP contribution < -0.4 is 4.90 Å². The highest BCUT2D eigenvalue weighted by Crippen LogP contribution is 2.26. The van der Waals surface area contributed by atoms with Gasteiger partial charge in [-0.25, -0.2) is 12.8 Å². The van der Waals surface area contributed by atoms with Crippen LogP contribution in [-0.4, -0.2) is 51.7 Å². The van der Waals surface area contributed by atoms with Gasteiger partial charge in [-0.05, 0) is 42.5 Å². The average molecular weight is 362 g/mol. The molecular formula is C18H19FN2O3S. The lowest BCUT2D eigenvalue weighted by Gasteiger charge is -2.38. The summed E-state index contributed by atoms with van der Waals surface area (Å²) in [6, 6.07) is 12.0. The summed E-state index contributed by atoms with van der Waals surface area (Å²) in [5.74, 6) is -0.667. The van der Waals surface area contributed by atoms with Gasteiger partial charge in [0.2, 0.25) is 0 Å². The first-order valence-corrected chi connectivity index (χ1v) is 9.40. The van der Waals surface area contributed by atoms with Gasteiger partial charge in [-0.15, -0.1) is 0 Å². The second kappa shape index (κ2) is 6.48. The third kappa shape index (κ3) is 3.37. The van der Waals surface area contributed by atoms with Crippen LogP contribution in [0.15, 0.2) is 53.4 Å². The topological polar surface area (TPSA) is 57.7 Å². The second-order valence-corrected chi connectivity index (χ2v) is 8.50. The minimum absolute atomic E-state index is 0.0839. The van der Waals surface area contributed by atoms with Crippen molar-refractivity contribution in [2.24, 2.45) is 0 Å². The highest BCUT2D eigenvalue weighted by Gasteiger charge is 2.40. The molecule has 0 bridgehead atoms. The first kappa shape index (κ1) is 17.4. The van der Waals surface area contributed by atoms with Gasteiger partial charge in [-0.3, -0.25) is 4.79 Å². The zero-order chi connectivity index (χ0) is 18.2. The minimum Gasteiger partial charge on any atom is -0.378 e. The highest BCUT2D eigenvalue weighted by molar-refractivity contribution is 7.92. The number of anilines is 1. The predicted molar refractivity (Wildman–Crippen MR) is 94.0 cm³/mol. The van der Waals surface area contributed by atoms with Gasteiger partial charge in [0.25, 0.3) is 5.91 Å². The first-order chi connectivity index (χ1) is 11.8. The second-order valence-electron chi connectivity index (χ2n) is 6.28. The summed E-state index contributed by atoms with van der Waals surface area (Å²) in [5, 5.41) is -0.654. The zero-order valence-corrected chi connectivity index (χ0v) is 14.8. The molecule has 3 rings (SSSR count). The SMILES string of the molecule is CN(C)c1cccc(C(=O)N2CC(S(=O)(=O)c3ccc(F)cc3)C2)c1. The van der Waals surface area contributed by atoms with Gasteiger partial charge in [0.15, 0.2) is 9.84 Å². The van der Waals surface area contributed by atoms with Gasteiger partial charge >= 0.3 is 0 Å². The number of benzene rings is 2. The smallest absolute Gasteiger partial charge is 0.254 e. The van der Waals surface area contributed by atoms with Gasteiger partial charge < -0.3 is 9.80 Å². The van der Waals surface area contributed by atoms with Gasteiger partial charge in [0.1, 0.15) is 11.1 Å². The van der Waals surface area contributed by atoms with E-state index in [1.165, 1.54) is 17.0 Å². The number of carbonyl (C=O) groups excluding carboxylic acids is 1. The molecule has 0 unspecified atom stereocenters. The minimum atomic E-state index is -3.56. The van der Waals surface area contributed by atoms with Crippen molar-refractivity contribution in [1.29, 1.82) is 0 Å². The Morgan fingerprint density at radius 3 is 2.36 bits per heavy atom. The van der Waals surface area contributed by atoms with Crippen molar-refractivity contribution in [1.82, 2.24) is 4.90 Å². The Kier molecular flexibility index (Phi) is 4.51. The molecule has 1 fully saturated rings. The third-order valence-corrected chi connectivity index (χ3v) is 6.43. The summed E-state index contributed by atoms with van der Waals surface area (Å²) < 4.78 is 38.0. The van der Waals surface area contributed by atoms with Crippen molar-refractivity contribution >= 4 is 21.4 Å². The summed E-state index contributed by atoms with van der Waals surface area (Å²) in [5.41, 5.74) is 1.44. The number of hydrogen-bond donors (Lipinski definition) is 0. The van der Waals surface area contributed by atoms with Crippen LogP contribution in [0.1, 0.15) is 10.4 Å². The number of carbonyl (C=O) groups is 1. The predicted octanol–water partition coefficient (Wildman–Crippen LogP) is 2.19. The molecule has 0 aliphatic carbocycles. The Bertz CT molecular complexity index is 889. The van der Waals surface area contributed by atoms with Crippen LogP contribution in [0.25, 0.3) is 0 Å². The lowest BCUT2D eigenvalue weighted by molar-refractivity contribution is 0.0659. The molecule has 25 heavy (non-hydrogen) atoms. The van der Waals surface area contributed by atoms with E-state index >= 15 is 0 Å². The van der Waals surface area contributed by atoms with Crippen LogP contribution in [0.5, 0.6) is 0 Å². The molecular weight excluding hydrogens is 343 g/mol.